The van der Waals surface area contributed by atoms with E-state index in [-0.39, 0.29) is 37.0 Å². The van der Waals surface area contributed by atoms with Gasteiger partial charge in [0, 0.05) is 12.6 Å². The molecule has 3 saturated heterocycles. The van der Waals surface area contributed by atoms with E-state index >= 15 is 0 Å². The molecule has 8 heteroatoms. The Morgan fingerprint density at radius 3 is 2.51 bits per heavy atom. The molecular formula is C31H48N2O6. The van der Waals surface area contributed by atoms with E-state index in [2.05, 4.69) is 13.2 Å². The molecular weight excluding hydrogens is 496 g/mol. The number of carbonyl (C=O) groups excluding carboxylic acids is 3. The van der Waals surface area contributed by atoms with E-state index in [1.807, 2.05) is 25.7 Å². The Morgan fingerprint density at radius 2 is 1.92 bits per heavy atom. The monoisotopic (exact) mass is 544 g/mol. The summed E-state index contributed by atoms with van der Waals surface area (Å²) in [6.07, 6.45) is 11.5. The van der Waals surface area contributed by atoms with Crippen molar-refractivity contribution in [1.29, 1.82) is 0 Å². The van der Waals surface area contributed by atoms with Crippen molar-refractivity contribution in [3.8, 4) is 0 Å². The summed E-state index contributed by atoms with van der Waals surface area (Å²) >= 11 is 0. The second kappa shape index (κ2) is 12.1. The topological polar surface area (TPSA) is 96.4 Å². The van der Waals surface area contributed by atoms with Crippen LogP contribution in [0.25, 0.3) is 0 Å². The Balaban J connectivity index is 1.81. The molecule has 8 nitrogen and oxygen atoms in total. The molecule has 0 aromatic rings. The number of aliphatic hydroxyl groups excluding tert-OH is 1. The number of carbonyl (C=O) groups is 3. The van der Waals surface area contributed by atoms with E-state index < -0.39 is 41.1 Å². The number of fused-ring (bicyclic) bond motifs is 1. The second-order valence-electron chi connectivity index (χ2n) is 12.0. The molecule has 4 fully saturated rings. The van der Waals surface area contributed by atoms with Gasteiger partial charge in [-0.15, -0.1) is 13.2 Å². The van der Waals surface area contributed by atoms with Crippen molar-refractivity contribution in [2.75, 3.05) is 19.8 Å². The van der Waals surface area contributed by atoms with Gasteiger partial charge in [-0.3, -0.25) is 14.4 Å². The fraction of sp³-hybridized carbons (Fsp3) is 0.774. The number of rotatable bonds is 13. The van der Waals surface area contributed by atoms with Gasteiger partial charge in [-0.2, -0.15) is 0 Å². The molecule has 4 rings (SSSR count). The maximum absolute atomic E-state index is 14.7. The molecule has 1 saturated carbocycles. The Kier molecular flexibility index (Phi) is 9.26. The maximum atomic E-state index is 14.7. The maximum Gasteiger partial charge on any atom is 0.312 e. The van der Waals surface area contributed by atoms with Gasteiger partial charge in [-0.25, -0.2) is 0 Å². The zero-order valence-corrected chi connectivity index (χ0v) is 24.1. The van der Waals surface area contributed by atoms with E-state index in [1.54, 1.807) is 17.1 Å². The molecule has 1 spiro atoms. The highest BCUT2D eigenvalue weighted by atomic mass is 16.6. The lowest BCUT2D eigenvalue weighted by molar-refractivity contribution is -0.165. The third kappa shape index (κ3) is 4.86. The van der Waals surface area contributed by atoms with Crippen molar-refractivity contribution in [2.24, 2.45) is 17.8 Å². The van der Waals surface area contributed by atoms with Gasteiger partial charge in [-0.05, 0) is 44.4 Å². The number of hydrogen-bond acceptors (Lipinski definition) is 6. The van der Waals surface area contributed by atoms with Gasteiger partial charge in [-0.1, -0.05) is 58.6 Å². The third-order valence-corrected chi connectivity index (χ3v) is 10.1. The van der Waals surface area contributed by atoms with E-state index in [9.17, 15) is 19.5 Å². The van der Waals surface area contributed by atoms with E-state index in [1.165, 1.54) is 0 Å². The minimum absolute atomic E-state index is 0.0395. The second-order valence-corrected chi connectivity index (χ2v) is 12.0. The van der Waals surface area contributed by atoms with Crippen molar-refractivity contribution in [1.82, 2.24) is 9.80 Å². The van der Waals surface area contributed by atoms with Crippen LogP contribution < -0.4 is 0 Å². The molecule has 7 atom stereocenters. The normalized spacial score (nSPS) is 33.5. The predicted octanol–water partition coefficient (Wildman–Crippen LogP) is 4.01. The van der Waals surface area contributed by atoms with Crippen molar-refractivity contribution in [3.05, 3.63) is 25.3 Å². The summed E-state index contributed by atoms with van der Waals surface area (Å²) in [4.78, 5) is 46.3. The Labute approximate surface area is 233 Å². The standard InChI is InChI=1S/C31H48N2O6/c1-6-10-19-38-29(37)25-24-27(35)33(23(20-34)21(5)8-3)26(31(24)17-16-30(25,9-4)39-31)28(36)32(18-7-2)22-14-12-11-13-15-22/h6-7,21-26,34H,1-2,8-20H2,3-5H3/t21-,23-,24-,25-,26?,30+,31?/m0/s1. The Morgan fingerprint density at radius 1 is 1.21 bits per heavy atom. The van der Waals surface area contributed by atoms with Crippen LogP contribution in [0, 0.1) is 17.8 Å². The van der Waals surface area contributed by atoms with Crippen molar-refractivity contribution < 1.29 is 29.0 Å². The first-order valence-corrected chi connectivity index (χ1v) is 15.1. The molecule has 3 heterocycles. The van der Waals surface area contributed by atoms with Gasteiger partial charge in [0.05, 0.1) is 30.8 Å². The summed E-state index contributed by atoms with van der Waals surface area (Å²) < 4.78 is 12.5. The molecule has 2 amide bonds. The first-order chi connectivity index (χ1) is 18.8. The highest BCUT2D eigenvalue weighted by Gasteiger charge is 2.79. The van der Waals surface area contributed by atoms with Crippen molar-refractivity contribution >= 4 is 17.8 Å². The number of aliphatic hydroxyl groups is 1. The van der Waals surface area contributed by atoms with Gasteiger partial charge < -0.3 is 24.4 Å². The number of likely N-dealkylation sites (tertiary alicyclic amines) is 1. The van der Waals surface area contributed by atoms with Crippen LogP contribution in [0.1, 0.15) is 85.0 Å². The molecule has 3 aliphatic heterocycles. The lowest BCUT2D eigenvalue weighted by atomic mass is 9.65. The highest BCUT2D eigenvalue weighted by molar-refractivity contribution is 5.99. The van der Waals surface area contributed by atoms with Crippen LogP contribution in [0.2, 0.25) is 0 Å². The molecule has 0 radical (unpaired) electrons. The number of ether oxygens (including phenoxy) is 2. The lowest BCUT2D eigenvalue weighted by Gasteiger charge is -2.43. The van der Waals surface area contributed by atoms with Crippen LogP contribution in [0.15, 0.2) is 25.3 Å². The number of nitrogens with zero attached hydrogens (tertiary/aromatic N) is 2. The fourth-order valence-electron chi connectivity index (χ4n) is 7.91. The highest BCUT2D eigenvalue weighted by Crippen LogP contribution is 2.65. The van der Waals surface area contributed by atoms with Crippen molar-refractivity contribution in [2.45, 2.75) is 114 Å². The van der Waals surface area contributed by atoms with Crippen LogP contribution in [0.5, 0.6) is 0 Å². The van der Waals surface area contributed by atoms with Crippen molar-refractivity contribution in [3.63, 3.8) is 0 Å². The Hall–Kier alpha value is -2.19. The molecule has 39 heavy (non-hydrogen) atoms. The zero-order valence-electron chi connectivity index (χ0n) is 24.1. The Bertz CT molecular complexity index is 947. The average molecular weight is 545 g/mol. The quantitative estimate of drug-likeness (QED) is 0.214. The molecule has 0 aromatic carbocycles. The number of amides is 2. The van der Waals surface area contributed by atoms with Crippen LogP contribution in [-0.4, -0.2) is 81.8 Å². The zero-order chi connectivity index (χ0) is 28.4. The molecule has 4 aliphatic rings. The van der Waals surface area contributed by atoms with Gasteiger partial charge in [0.25, 0.3) is 0 Å². The van der Waals surface area contributed by atoms with Crippen LogP contribution in [-0.2, 0) is 23.9 Å². The summed E-state index contributed by atoms with van der Waals surface area (Å²) in [5, 5.41) is 10.6. The molecule has 0 aromatic heterocycles. The van der Waals surface area contributed by atoms with Crippen LogP contribution >= 0.6 is 0 Å². The summed E-state index contributed by atoms with van der Waals surface area (Å²) in [6.45, 7) is 13.9. The third-order valence-electron chi connectivity index (χ3n) is 10.1. The molecule has 1 N–H and O–H groups in total. The van der Waals surface area contributed by atoms with Gasteiger partial charge in [0.1, 0.15) is 17.6 Å². The van der Waals surface area contributed by atoms with E-state index in [4.69, 9.17) is 9.47 Å². The number of hydrogen-bond donors (Lipinski definition) is 1. The SMILES string of the molecule is C=CCCOC(=O)[C@@H]1[C@H]2C(=O)N([C@@H](CO)[C@@H](C)CC)C(C(=O)N(CC=C)C3CCCCC3)C23CC[C@@]1(CC)O3. The van der Waals surface area contributed by atoms with Gasteiger partial charge >= 0.3 is 5.97 Å². The van der Waals surface area contributed by atoms with Gasteiger partial charge in [0.15, 0.2) is 0 Å². The average Bonchev–Trinajstić information content (AvgIpc) is 3.56. The first kappa shape index (κ1) is 29.8. The summed E-state index contributed by atoms with van der Waals surface area (Å²) in [6, 6.07) is -1.38. The first-order valence-electron chi connectivity index (χ1n) is 15.1. The van der Waals surface area contributed by atoms with Gasteiger partial charge in [0.2, 0.25) is 11.8 Å². The minimum Gasteiger partial charge on any atom is -0.465 e. The smallest absolute Gasteiger partial charge is 0.312 e. The van der Waals surface area contributed by atoms with Crippen LogP contribution in [0.4, 0.5) is 0 Å². The van der Waals surface area contributed by atoms with E-state index in [0.29, 0.717) is 32.2 Å². The molecule has 1 aliphatic carbocycles. The largest absolute Gasteiger partial charge is 0.465 e. The molecule has 2 bridgehead atoms. The minimum atomic E-state index is -1.12. The summed E-state index contributed by atoms with van der Waals surface area (Å²) in [5.74, 6) is -2.49. The molecule has 2 unspecified atom stereocenters. The predicted molar refractivity (Wildman–Crippen MR) is 149 cm³/mol. The molecule has 218 valence electrons. The van der Waals surface area contributed by atoms with Crippen LogP contribution in [0.3, 0.4) is 0 Å². The summed E-state index contributed by atoms with van der Waals surface area (Å²) in [7, 11) is 0. The lowest BCUT2D eigenvalue weighted by Crippen LogP contribution is -2.61. The summed E-state index contributed by atoms with van der Waals surface area (Å²) in [5.41, 5.74) is -1.96. The van der Waals surface area contributed by atoms with E-state index in [0.717, 1.165) is 38.5 Å². The fourth-order valence-corrected chi connectivity index (χ4v) is 7.91. The number of esters is 1.